The Morgan fingerprint density at radius 1 is 1.40 bits per heavy atom. The summed E-state index contributed by atoms with van der Waals surface area (Å²) in [4.78, 5) is 11.4. The third kappa shape index (κ3) is 2.16. The van der Waals surface area contributed by atoms with Gasteiger partial charge in [0.05, 0.1) is 13.2 Å². The van der Waals surface area contributed by atoms with Crippen molar-refractivity contribution in [1.82, 2.24) is 5.32 Å². The van der Waals surface area contributed by atoms with Crippen LogP contribution in [0.25, 0.3) is 0 Å². The van der Waals surface area contributed by atoms with Crippen LogP contribution >= 0.6 is 0 Å². The fourth-order valence-electron chi connectivity index (χ4n) is 2.62. The molecule has 1 heterocycles. The van der Waals surface area contributed by atoms with Crippen molar-refractivity contribution < 1.29 is 14.3 Å². The number of amides is 1. The molecule has 2 aliphatic rings. The Morgan fingerprint density at radius 2 is 2.13 bits per heavy atom. The Balaban J connectivity index is 2.02. The van der Waals surface area contributed by atoms with Crippen molar-refractivity contribution >= 4 is 5.91 Å². The van der Waals surface area contributed by atoms with Crippen LogP contribution in [0.2, 0.25) is 0 Å². The van der Waals surface area contributed by atoms with Gasteiger partial charge in [0.15, 0.2) is 5.79 Å². The maximum Gasteiger partial charge on any atom is 0.220 e. The van der Waals surface area contributed by atoms with Crippen LogP contribution in [0.15, 0.2) is 0 Å². The highest BCUT2D eigenvalue weighted by Crippen LogP contribution is 2.41. The van der Waals surface area contributed by atoms with E-state index in [4.69, 9.17) is 9.47 Å². The van der Waals surface area contributed by atoms with Crippen LogP contribution in [0, 0.1) is 5.92 Å². The molecule has 0 aromatic carbocycles. The van der Waals surface area contributed by atoms with E-state index in [0.717, 1.165) is 19.3 Å². The maximum atomic E-state index is 11.4. The molecule has 2 rings (SSSR count). The summed E-state index contributed by atoms with van der Waals surface area (Å²) in [5.74, 6) is -0.126. The van der Waals surface area contributed by atoms with E-state index >= 15 is 0 Å². The lowest BCUT2D eigenvalue weighted by atomic mass is 9.81. The summed E-state index contributed by atoms with van der Waals surface area (Å²) in [5.41, 5.74) is 0. The maximum absolute atomic E-state index is 11.4. The second-order valence-electron chi connectivity index (χ2n) is 4.33. The minimum atomic E-state index is -0.440. The molecule has 0 aromatic rings. The largest absolute Gasteiger partial charge is 0.359 e. The van der Waals surface area contributed by atoms with Crippen molar-refractivity contribution in [3.05, 3.63) is 0 Å². The van der Waals surface area contributed by atoms with Crippen molar-refractivity contribution in [1.29, 1.82) is 0 Å². The summed E-state index contributed by atoms with van der Waals surface area (Å²) in [5, 5.41) is 2.67. The summed E-state index contributed by atoms with van der Waals surface area (Å²) >= 11 is 0. The summed E-state index contributed by atoms with van der Waals surface area (Å²) in [6.07, 6.45) is 4.82. The van der Waals surface area contributed by atoms with Crippen LogP contribution in [0.4, 0.5) is 0 Å². The van der Waals surface area contributed by atoms with Gasteiger partial charge in [0, 0.05) is 25.8 Å². The molecule has 1 N–H and O–H groups in total. The van der Waals surface area contributed by atoms with E-state index < -0.39 is 5.79 Å². The second kappa shape index (κ2) is 4.49. The lowest BCUT2D eigenvalue weighted by molar-refractivity contribution is -0.213. The quantitative estimate of drug-likeness (QED) is 0.746. The zero-order chi connectivity index (χ0) is 10.7. The first-order valence-corrected chi connectivity index (χ1v) is 5.75. The molecule has 4 heteroatoms. The van der Waals surface area contributed by atoms with Crippen LogP contribution in [0.5, 0.6) is 0 Å². The highest BCUT2D eigenvalue weighted by atomic mass is 16.7. The Morgan fingerprint density at radius 3 is 2.80 bits per heavy atom. The molecule has 1 spiro atoms. The Labute approximate surface area is 90.3 Å². The third-order valence-corrected chi connectivity index (χ3v) is 3.44. The summed E-state index contributed by atoms with van der Waals surface area (Å²) < 4.78 is 11.5. The third-order valence-electron chi connectivity index (χ3n) is 3.44. The number of rotatable bonds is 2. The number of nitrogens with one attached hydrogen (secondary N) is 1. The van der Waals surface area contributed by atoms with Gasteiger partial charge >= 0.3 is 0 Å². The molecule has 1 unspecified atom stereocenters. The van der Waals surface area contributed by atoms with Gasteiger partial charge < -0.3 is 14.8 Å². The molecule has 4 nitrogen and oxygen atoms in total. The SMILES string of the molecule is CNC(=O)CC1CCCCC12OCCO2. The highest BCUT2D eigenvalue weighted by Gasteiger charge is 2.46. The molecule has 0 radical (unpaired) electrons. The number of hydrogen-bond donors (Lipinski definition) is 1. The van der Waals surface area contributed by atoms with Crippen LogP contribution in [0.3, 0.4) is 0 Å². The number of carbonyl (C=O) groups excluding carboxylic acids is 1. The molecule has 86 valence electrons. The average molecular weight is 213 g/mol. The minimum Gasteiger partial charge on any atom is -0.359 e. The molecular formula is C11H19NO3. The van der Waals surface area contributed by atoms with Gasteiger partial charge in [0.2, 0.25) is 5.91 Å². The molecular weight excluding hydrogens is 194 g/mol. The molecule has 1 saturated carbocycles. The van der Waals surface area contributed by atoms with Crippen molar-refractivity contribution in [3.8, 4) is 0 Å². The zero-order valence-corrected chi connectivity index (χ0v) is 9.25. The second-order valence-corrected chi connectivity index (χ2v) is 4.33. The van der Waals surface area contributed by atoms with Gasteiger partial charge in [0.1, 0.15) is 0 Å². The van der Waals surface area contributed by atoms with Gasteiger partial charge in [-0.25, -0.2) is 0 Å². The van der Waals surface area contributed by atoms with Gasteiger partial charge in [-0.1, -0.05) is 6.42 Å². The molecule has 1 atom stereocenters. The van der Waals surface area contributed by atoms with E-state index in [9.17, 15) is 4.79 Å². The van der Waals surface area contributed by atoms with Gasteiger partial charge in [-0.2, -0.15) is 0 Å². The van der Waals surface area contributed by atoms with Crippen LogP contribution in [-0.4, -0.2) is 32.0 Å². The average Bonchev–Trinajstić information content (AvgIpc) is 2.71. The summed E-state index contributed by atoms with van der Waals surface area (Å²) in [6, 6.07) is 0. The fourth-order valence-corrected chi connectivity index (χ4v) is 2.62. The molecule has 1 aliphatic heterocycles. The van der Waals surface area contributed by atoms with E-state index in [1.807, 2.05) is 0 Å². The van der Waals surface area contributed by atoms with E-state index in [2.05, 4.69) is 5.32 Å². The Hall–Kier alpha value is -0.610. The number of ether oxygens (including phenoxy) is 2. The van der Waals surface area contributed by atoms with Crippen molar-refractivity contribution in [2.45, 2.75) is 37.9 Å². The zero-order valence-electron chi connectivity index (χ0n) is 9.25. The Bertz CT molecular complexity index is 236. The van der Waals surface area contributed by atoms with Crippen molar-refractivity contribution in [2.75, 3.05) is 20.3 Å². The lowest BCUT2D eigenvalue weighted by Gasteiger charge is -2.38. The topological polar surface area (TPSA) is 47.6 Å². The molecule has 1 amide bonds. The van der Waals surface area contributed by atoms with Gasteiger partial charge in [-0.15, -0.1) is 0 Å². The van der Waals surface area contributed by atoms with Crippen molar-refractivity contribution in [2.24, 2.45) is 5.92 Å². The van der Waals surface area contributed by atoms with E-state index in [1.165, 1.54) is 6.42 Å². The van der Waals surface area contributed by atoms with Crippen LogP contribution in [0.1, 0.15) is 32.1 Å². The van der Waals surface area contributed by atoms with Gasteiger partial charge in [-0.05, 0) is 12.8 Å². The molecule has 15 heavy (non-hydrogen) atoms. The minimum absolute atomic E-state index is 0.0837. The molecule has 0 aromatic heterocycles. The highest BCUT2D eigenvalue weighted by molar-refractivity contribution is 5.75. The number of hydrogen-bond acceptors (Lipinski definition) is 3. The van der Waals surface area contributed by atoms with Crippen molar-refractivity contribution in [3.63, 3.8) is 0 Å². The number of carbonyl (C=O) groups is 1. The predicted molar refractivity (Wildman–Crippen MR) is 55.3 cm³/mol. The molecule has 1 aliphatic carbocycles. The standard InChI is InChI=1S/C11H19NO3/c1-12-10(13)8-9-4-2-3-5-11(9)14-6-7-15-11/h9H,2-8H2,1H3,(H,12,13). The van der Waals surface area contributed by atoms with E-state index in [-0.39, 0.29) is 11.8 Å². The normalized spacial score (nSPS) is 29.3. The first-order valence-electron chi connectivity index (χ1n) is 5.75. The predicted octanol–water partition coefficient (Wildman–Crippen LogP) is 1.06. The first kappa shape index (κ1) is 10.9. The Kier molecular flexibility index (Phi) is 3.26. The monoisotopic (exact) mass is 213 g/mol. The van der Waals surface area contributed by atoms with E-state index in [0.29, 0.717) is 19.6 Å². The van der Waals surface area contributed by atoms with Gasteiger partial charge in [-0.3, -0.25) is 4.79 Å². The first-order chi connectivity index (χ1) is 7.27. The molecule has 0 bridgehead atoms. The molecule has 2 fully saturated rings. The van der Waals surface area contributed by atoms with Gasteiger partial charge in [0.25, 0.3) is 0 Å². The smallest absolute Gasteiger partial charge is 0.220 e. The van der Waals surface area contributed by atoms with Crippen LogP contribution < -0.4 is 5.32 Å². The lowest BCUT2D eigenvalue weighted by Crippen LogP contribution is -2.43. The summed E-state index contributed by atoms with van der Waals surface area (Å²) in [7, 11) is 1.67. The summed E-state index contributed by atoms with van der Waals surface area (Å²) in [6.45, 7) is 1.34. The van der Waals surface area contributed by atoms with E-state index in [1.54, 1.807) is 7.05 Å². The molecule has 1 saturated heterocycles. The fraction of sp³-hybridized carbons (Fsp3) is 0.909. The van der Waals surface area contributed by atoms with Crippen LogP contribution in [-0.2, 0) is 14.3 Å².